The van der Waals surface area contributed by atoms with Crippen LogP contribution in [0.3, 0.4) is 0 Å². The Morgan fingerprint density at radius 3 is 2.25 bits per heavy atom. The van der Waals surface area contributed by atoms with Crippen molar-refractivity contribution in [1.29, 1.82) is 0 Å². The summed E-state index contributed by atoms with van der Waals surface area (Å²) in [5.41, 5.74) is -0.244. The molecule has 2 aliphatic rings. The second kappa shape index (κ2) is 8.13. The summed E-state index contributed by atoms with van der Waals surface area (Å²) in [7, 11) is 3.11. The van der Waals surface area contributed by atoms with Crippen molar-refractivity contribution in [2.24, 2.45) is 0 Å². The van der Waals surface area contributed by atoms with Crippen molar-refractivity contribution in [2.75, 3.05) is 14.2 Å². The Kier molecular flexibility index (Phi) is 6.28. The molecule has 2 saturated heterocycles. The number of ether oxygens (including phenoxy) is 4. The molecular formula is C25H36O7. The first-order valence-corrected chi connectivity index (χ1v) is 10.9. The maximum atomic E-state index is 12.3. The number of epoxide rings is 1. The van der Waals surface area contributed by atoms with Gasteiger partial charge in [0.15, 0.2) is 0 Å². The third-order valence-electron chi connectivity index (χ3n) is 6.87. The minimum Gasteiger partial charge on any atom is -0.496 e. The van der Waals surface area contributed by atoms with Gasteiger partial charge < -0.3 is 28.5 Å². The highest BCUT2D eigenvalue weighted by atomic mass is 16.7. The number of rotatable bonds is 7. The van der Waals surface area contributed by atoms with Crippen LogP contribution in [0.25, 0.3) is 0 Å². The Balaban J connectivity index is 1.94. The summed E-state index contributed by atoms with van der Waals surface area (Å²) in [4.78, 5) is 12.3. The van der Waals surface area contributed by atoms with Crippen LogP contribution in [0.2, 0.25) is 0 Å². The van der Waals surface area contributed by atoms with Crippen LogP contribution < -0.4 is 10.4 Å². The molecule has 3 rings (SSSR count). The molecule has 3 heterocycles. The molecule has 1 aromatic heterocycles. The molecule has 0 amide bonds. The molecule has 6 atom stereocenters. The van der Waals surface area contributed by atoms with E-state index in [1.807, 2.05) is 33.8 Å². The van der Waals surface area contributed by atoms with Crippen molar-refractivity contribution in [3.8, 4) is 5.75 Å². The first kappa shape index (κ1) is 24.7. The molecule has 0 radical (unpaired) electrons. The minimum absolute atomic E-state index is 0.00166. The van der Waals surface area contributed by atoms with E-state index in [4.69, 9.17) is 23.4 Å². The molecule has 0 aliphatic carbocycles. The summed E-state index contributed by atoms with van der Waals surface area (Å²) < 4.78 is 28.7. The van der Waals surface area contributed by atoms with E-state index < -0.39 is 22.9 Å². The Labute approximate surface area is 190 Å². The van der Waals surface area contributed by atoms with Crippen molar-refractivity contribution < 1.29 is 28.5 Å². The third kappa shape index (κ3) is 3.96. The van der Waals surface area contributed by atoms with Crippen LogP contribution in [-0.2, 0) is 19.8 Å². The zero-order valence-electron chi connectivity index (χ0n) is 20.8. The van der Waals surface area contributed by atoms with E-state index >= 15 is 0 Å². The lowest BCUT2D eigenvalue weighted by Crippen LogP contribution is -2.32. The fourth-order valence-electron chi connectivity index (χ4n) is 5.24. The van der Waals surface area contributed by atoms with Gasteiger partial charge >= 0.3 is 5.63 Å². The van der Waals surface area contributed by atoms with Gasteiger partial charge in [0.05, 0.1) is 24.9 Å². The molecule has 0 spiro atoms. The summed E-state index contributed by atoms with van der Waals surface area (Å²) in [6.07, 6.45) is 3.30. The van der Waals surface area contributed by atoms with Gasteiger partial charge in [-0.1, -0.05) is 0 Å². The summed E-state index contributed by atoms with van der Waals surface area (Å²) in [5.74, 6) is 0.553. The summed E-state index contributed by atoms with van der Waals surface area (Å²) >= 11 is 0. The second-order valence-corrected chi connectivity index (χ2v) is 9.67. The van der Waals surface area contributed by atoms with E-state index in [0.717, 1.165) is 11.1 Å². The maximum Gasteiger partial charge on any atom is 0.342 e. The fraction of sp³-hybridized carbons (Fsp3) is 0.640. The zero-order chi connectivity index (χ0) is 24.2. The van der Waals surface area contributed by atoms with Crippen LogP contribution >= 0.6 is 0 Å². The molecule has 1 N–H and O–H groups in total. The van der Waals surface area contributed by atoms with Gasteiger partial charge in [-0.05, 0) is 78.7 Å². The quantitative estimate of drug-likeness (QED) is 0.502. The lowest BCUT2D eigenvalue weighted by atomic mass is 9.89. The number of hydrogen-bond acceptors (Lipinski definition) is 7. The van der Waals surface area contributed by atoms with E-state index in [9.17, 15) is 9.90 Å². The van der Waals surface area contributed by atoms with Gasteiger partial charge in [-0.25, -0.2) is 4.79 Å². The first-order chi connectivity index (χ1) is 14.7. The Morgan fingerprint density at radius 2 is 1.78 bits per heavy atom. The molecule has 2 fully saturated rings. The monoisotopic (exact) mass is 448 g/mol. The van der Waals surface area contributed by atoms with Gasteiger partial charge in [0.2, 0.25) is 0 Å². The van der Waals surface area contributed by atoms with Crippen molar-refractivity contribution in [1.82, 2.24) is 0 Å². The number of hydrogen-bond donors (Lipinski definition) is 1. The second-order valence-electron chi connectivity index (χ2n) is 9.67. The first-order valence-electron chi connectivity index (χ1n) is 10.9. The minimum atomic E-state index is -1.55. The normalized spacial score (nSPS) is 33.0. The average Bonchev–Trinajstić information content (AvgIpc) is 3.35. The lowest BCUT2D eigenvalue weighted by molar-refractivity contribution is -0.0725. The van der Waals surface area contributed by atoms with E-state index in [2.05, 4.69) is 6.92 Å². The fourth-order valence-corrected chi connectivity index (χ4v) is 5.24. The SMILES string of the molecule is COc1c(C)c([C@@](C)(O)/C=C(\C)C(OC)/C(C)=C/[C@]2(C)O[C@H](C)[C@@]3(C)O[C@H]32)oc(=O)c1C. The van der Waals surface area contributed by atoms with Gasteiger partial charge in [-0.15, -0.1) is 0 Å². The standard InChI is InChI=1S/C25H36O7/c1-13(11-23(6,27)20-15(3)19(29-10)16(4)21(26)30-20)18(28-9)14(2)12-24(7)22-25(8,32-22)17(5)31-24/h11-12,17-18,22,27H,1-10H3/b13-11+,14-12+/t17-,18?,22+,23+,24+,25-/m1/s1. The summed E-state index contributed by atoms with van der Waals surface area (Å²) in [6.45, 7) is 14.9. The van der Waals surface area contributed by atoms with Crippen molar-refractivity contribution in [3.05, 3.63) is 50.6 Å². The Bertz CT molecular complexity index is 1020. The molecule has 0 saturated carbocycles. The predicted molar refractivity (Wildman–Crippen MR) is 121 cm³/mol. The van der Waals surface area contributed by atoms with Gasteiger partial charge in [-0.3, -0.25) is 0 Å². The molecule has 1 aromatic rings. The molecule has 32 heavy (non-hydrogen) atoms. The van der Waals surface area contributed by atoms with Crippen LogP contribution in [0, 0.1) is 13.8 Å². The van der Waals surface area contributed by atoms with E-state index in [1.54, 1.807) is 34.0 Å². The van der Waals surface area contributed by atoms with Crippen LogP contribution in [0.4, 0.5) is 0 Å². The Morgan fingerprint density at radius 1 is 1.16 bits per heavy atom. The molecule has 0 aromatic carbocycles. The summed E-state index contributed by atoms with van der Waals surface area (Å²) in [5, 5.41) is 11.3. The Hall–Kier alpha value is -1.93. The van der Waals surface area contributed by atoms with E-state index in [0.29, 0.717) is 16.9 Å². The van der Waals surface area contributed by atoms with Crippen molar-refractivity contribution in [2.45, 2.75) is 90.5 Å². The van der Waals surface area contributed by atoms with Gasteiger partial charge in [0, 0.05) is 12.7 Å². The van der Waals surface area contributed by atoms with Gasteiger partial charge in [0.25, 0.3) is 0 Å². The molecule has 2 aliphatic heterocycles. The highest BCUT2D eigenvalue weighted by molar-refractivity contribution is 5.43. The molecule has 1 unspecified atom stereocenters. The molecular weight excluding hydrogens is 412 g/mol. The number of aliphatic hydroxyl groups is 1. The van der Waals surface area contributed by atoms with Crippen molar-refractivity contribution >= 4 is 0 Å². The largest absolute Gasteiger partial charge is 0.496 e. The smallest absolute Gasteiger partial charge is 0.342 e. The zero-order valence-corrected chi connectivity index (χ0v) is 20.8. The van der Waals surface area contributed by atoms with Crippen LogP contribution in [0.15, 0.2) is 32.5 Å². The number of methoxy groups -OCH3 is 2. The molecule has 7 nitrogen and oxygen atoms in total. The summed E-state index contributed by atoms with van der Waals surface area (Å²) in [6, 6.07) is 0. The van der Waals surface area contributed by atoms with Gasteiger partial charge in [0.1, 0.15) is 34.4 Å². The topological polar surface area (TPSA) is 90.7 Å². The highest BCUT2D eigenvalue weighted by Gasteiger charge is 2.71. The van der Waals surface area contributed by atoms with Crippen LogP contribution in [-0.4, -0.2) is 48.8 Å². The van der Waals surface area contributed by atoms with Gasteiger partial charge in [-0.2, -0.15) is 0 Å². The average molecular weight is 449 g/mol. The van der Waals surface area contributed by atoms with E-state index in [-0.39, 0.29) is 23.6 Å². The predicted octanol–water partition coefficient (Wildman–Crippen LogP) is 3.72. The molecule has 7 heteroatoms. The van der Waals surface area contributed by atoms with Crippen LogP contribution in [0.1, 0.15) is 58.4 Å². The molecule has 0 bridgehead atoms. The number of fused-ring (bicyclic) bond motifs is 1. The van der Waals surface area contributed by atoms with Crippen molar-refractivity contribution in [3.63, 3.8) is 0 Å². The van der Waals surface area contributed by atoms with E-state index in [1.165, 1.54) is 7.11 Å². The molecule has 178 valence electrons. The maximum absolute atomic E-state index is 12.3. The third-order valence-corrected chi connectivity index (χ3v) is 6.87. The lowest BCUT2D eigenvalue weighted by Gasteiger charge is -2.28. The highest BCUT2D eigenvalue weighted by Crippen LogP contribution is 2.55. The van der Waals surface area contributed by atoms with Crippen LogP contribution in [0.5, 0.6) is 5.75 Å².